The molecule has 2 fully saturated rings. The van der Waals surface area contributed by atoms with Crippen molar-refractivity contribution in [1.82, 2.24) is 5.32 Å². The molecule has 0 radical (unpaired) electrons. The van der Waals surface area contributed by atoms with Crippen LogP contribution in [0.25, 0.3) is 0 Å². The highest BCUT2D eigenvalue weighted by Crippen LogP contribution is 2.35. The monoisotopic (exact) mass is 243 g/mol. The van der Waals surface area contributed by atoms with Gasteiger partial charge >= 0.3 is 0 Å². The Morgan fingerprint density at radius 1 is 1.25 bits per heavy atom. The first-order valence-corrected chi connectivity index (χ1v) is 7.77. The van der Waals surface area contributed by atoms with Gasteiger partial charge in [-0.1, -0.05) is 26.7 Å². The number of aliphatic hydroxyl groups is 1. The molecule has 2 nitrogen and oxygen atoms in total. The average molecular weight is 243 g/mol. The molecule has 1 saturated carbocycles. The lowest BCUT2D eigenvalue weighted by Crippen LogP contribution is -2.54. The number of hydrogen-bond acceptors (Lipinski definition) is 3. The molecule has 1 saturated heterocycles. The summed E-state index contributed by atoms with van der Waals surface area (Å²) in [5.41, 5.74) is 0.391. The summed E-state index contributed by atoms with van der Waals surface area (Å²) < 4.78 is 0. The lowest BCUT2D eigenvalue weighted by atomic mass is 9.81. The zero-order valence-electron chi connectivity index (χ0n) is 10.5. The Morgan fingerprint density at radius 2 is 2.00 bits per heavy atom. The predicted octanol–water partition coefficient (Wildman–Crippen LogP) is 2.41. The van der Waals surface area contributed by atoms with Crippen molar-refractivity contribution in [3.8, 4) is 0 Å². The molecule has 0 aromatic carbocycles. The Labute approximate surface area is 104 Å². The summed E-state index contributed by atoms with van der Waals surface area (Å²) in [5, 5.41) is 13.7. The molecule has 1 aliphatic heterocycles. The van der Waals surface area contributed by atoms with E-state index in [2.05, 4.69) is 30.9 Å². The van der Waals surface area contributed by atoms with E-state index in [1.54, 1.807) is 0 Å². The largest absolute Gasteiger partial charge is 0.392 e. The first kappa shape index (κ1) is 12.7. The van der Waals surface area contributed by atoms with Crippen LogP contribution in [0.15, 0.2) is 0 Å². The third kappa shape index (κ3) is 2.93. The van der Waals surface area contributed by atoms with E-state index in [4.69, 9.17) is 0 Å². The second kappa shape index (κ2) is 5.28. The molecular formula is C13H25NOS. The molecule has 0 amide bonds. The lowest BCUT2D eigenvalue weighted by Gasteiger charge is -2.42. The smallest absolute Gasteiger partial charge is 0.0693 e. The van der Waals surface area contributed by atoms with Gasteiger partial charge in [0.25, 0.3) is 0 Å². The predicted molar refractivity (Wildman–Crippen MR) is 70.9 cm³/mol. The summed E-state index contributed by atoms with van der Waals surface area (Å²) in [7, 11) is 0. The number of aliphatic hydroxyl groups excluding tert-OH is 1. The SMILES string of the molecule is CC1(C)CCSCC1NC1CCCCC1O. The highest BCUT2D eigenvalue weighted by Gasteiger charge is 2.35. The van der Waals surface area contributed by atoms with Crippen LogP contribution in [0.1, 0.15) is 46.0 Å². The molecule has 94 valence electrons. The zero-order chi connectivity index (χ0) is 11.6. The molecule has 2 N–H and O–H groups in total. The molecule has 3 heteroatoms. The molecule has 1 aliphatic carbocycles. The van der Waals surface area contributed by atoms with Crippen molar-refractivity contribution < 1.29 is 5.11 Å². The second-order valence-corrected chi connectivity index (χ2v) is 7.14. The van der Waals surface area contributed by atoms with Crippen LogP contribution >= 0.6 is 11.8 Å². The van der Waals surface area contributed by atoms with Gasteiger partial charge in [-0.15, -0.1) is 0 Å². The van der Waals surface area contributed by atoms with Gasteiger partial charge in [0.05, 0.1) is 6.10 Å². The fraction of sp³-hybridized carbons (Fsp3) is 1.00. The summed E-state index contributed by atoms with van der Waals surface area (Å²) in [5.74, 6) is 2.49. The van der Waals surface area contributed by atoms with Crippen LogP contribution in [0.4, 0.5) is 0 Å². The molecule has 16 heavy (non-hydrogen) atoms. The van der Waals surface area contributed by atoms with Gasteiger partial charge < -0.3 is 10.4 Å². The molecule has 2 aliphatic rings. The molecule has 0 aromatic rings. The number of hydrogen-bond donors (Lipinski definition) is 2. The second-order valence-electron chi connectivity index (χ2n) is 5.99. The first-order chi connectivity index (χ1) is 7.59. The molecule has 0 bridgehead atoms. The van der Waals surface area contributed by atoms with E-state index in [1.807, 2.05) is 0 Å². The zero-order valence-corrected chi connectivity index (χ0v) is 11.4. The standard InChI is InChI=1S/C13H25NOS/c1-13(2)7-8-16-9-12(13)14-10-5-3-4-6-11(10)15/h10-12,14-15H,3-9H2,1-2H3. The summed E-state index contributed by atoms with van der Waals surface area (Å²) >= 11 is 2.05. The number of nitrogens with one attached hydrogen (secondary N) is 1. The Bertz CT molecular complexity index is 232. The van der Waals surface area contributed by atoms with E-state index in [-0.39, 0.29) is 6.10 Å². The van der Waals surface area contributed by atoms with Gasteiger partial charge in [0.15, 0.2) is 0 Å². The maximum atomic E-state index is 10.0. The van der Waals surface area contributed by atoms with Gasteiger partial charge in [0.2, 0.25) is 0 Å². The molecule has 0 spiro atoms. The molecule has 2 rings (SSSR count). The number of thioether (sulfide) groups is 1. The normalized spacial score (nSPS) is 39.6. The summed E-state index contributed by atoms with van der Waals surface area (Å²) in [6.45, 7) is 4.72. The topological polar surface area (TPSA) is 32.3 Å². The van der Waals surface area contributed by atoms with Gasteiger partial charge in [-0.3, -0.25) is 0 Å². The number of rotatable bonds is 2. The maximum Gasteiger partial charge on any atom is 0.0693 e. The van der Waals surface area contributed by atoms with Crippen molar-refractivity contribution in [2.75, 3.05) is 11.5 Å². The molecule has 0 aromatic heterocycles. The van der Waals surface area contributed by atoms with Crippen LogP contribution < -0.4 is 5.32 Å². The Hall–Kier alpha value is 0.270. The minimum atomic E-state index is -0.114. The Balaban J connectivity index is 1.91. The highest BCUT2D eigenvalue weighted by atomic mass is 32.2. The van der Waals surface area contributed by atoms with Crippen LogP contribution in [0.5, 0.6) is 0 Å². The minimum Gasteiger partial charge on any atom is -0.392 e. The molecule has 3 unspecified atom stereocenters. The van der Waals surface area contributed by atoms with Crippen LogP contribution in [0.3, 0.4) is 0 Å². The summed E-state index contributed by atoms with van der Waals surface area (Å²) in [6, 6.07) is 0.917. The molecule has 1 heterocycles. The fourth-order valence-electron chi connectivity index (χ4n) is 2.77. The van der Waals surface area contributed by atoms with Crippen LogP contribution in [0.2, 0.25) is 0 Å². The third-order valence-electron chi connectivity index (χ3n) is 4.26. The summed E-state index contributed by atoms with van der Waals surface area (Å²) in [4.78, 5) is 0. The molecule has 3 atom stereocenters. The van der Waals surface area contributed by atoms with Gasteiger partial charge in [0, 0.05) is 17.8 Å². The third-order valence-corrected chi connectivity index (χ3v) is 5.33. The van der Waals surface area contributed by atoms with Crippen molar-refractivity contribution in [2.45, 2.75) is 64.1 Å². The van der Waals surface area contributed by atoms with Gasteiger partial charge in [-0.05, 0) is 30.4 Å². The van der Waals surface area contributed by atoms with Crippen LogP contribution in [0, 0.1) is 5.41 Å². The van der Waals surface area contributed by atoms with Gasteiger partial charge in [0.1, 0.15) is 0 Å². The lowest BCUT2D eigenvalue weighted by molar-refractivity contribution is 0.0734. The first-order valence-electron chi connectivity index (χ1n) is 6.61. The van der Waals surface area contributed by atoms with Crippen LogP contribution in [-0.2, 0) is 0 Å². The van der Waals surface area contributed by atoms with E-state index in [0.717, 1.165) is 12.8 Å². The Morgan fingerprint density at radius 3 is 2.69 bits per heavy atom. The average Bonchev–Trinajstić information content (AvgIpc) is 2.24. The van der Waals surface area contributed by atoms with Crippen molar-refractivity contribution in [3.05, 3.63) is 0 Å². The quantitative estimate of drug-likeness (QED) is 0.781. The summed E-state index contributed by atoms with van der Waals surface area (Å²) in [6.07, 6.45) is 5.78. The van der Waals surface area contributed by atoms with Gasteiger partial charge in [-0.2, -0.15) is 11.8 Å². The maximum absolute atomic E-state index is 10.0. The van der Waals surface area contributed by atoms with Gasteiger partial charge in [-0.25, -0.2) is 0 Å². The van der Waals surface area contributed by atoms with Crippen molar-refractivity contribution >= 4 is 11.8 Å². The Kier molecular flexibility index (Phi) is 4.20. The van der Waals surface area contributed by atoms with E-state index >= 15 is 0 Å². The fourth-order valence-corrected chi connectivity index (χ4v) is 4.39. The van der Waals surface area contributed by atoms with Crippen molar-refractivity contribution in [3.63, 3.8) is 0 Å². The minimum absolute atomic E-state index is 0.114. The highest BCUT2D eigenvalue weighted by molar-refractivity contribution is 7.99. The van der Waals surface area contributed by atoms with Crippen LogP contribution in [-0.4, -0.2) is 34.8 Å². The van der Waals surface area contributed by atoms with E-state index in [1.165, 1.54) is 30.8 Å². The van der Waals surface area contributed by atoms with E-state index in [9.17, 15) is 5.11 Å². The van der Waals surface area contributed by atoms with E-state index < -0.39 is 0 Å². The van der Waals surface area contributed by atoms with E-state index in [0.29, 0.717) is 17.5 Å². The van der Waals surface area contributed by atoms with Crippen molar-refractivity contribution in [2.24, 2.45) is 5.41 Å². The van der Waals surface area contributed by atoms with Crippen molar-refractivity contribution in [1.29, 1.82) is 0 Å². The molecular weight excluding hydrogens is 218 g/mol.